The molecular weight excluding hydrogens is 560 g/mol. The highest BCUT2D eigenvalue weighted by Gasteiger charge is 2.39. The second-order valence-corrected chi connectivity index (χ2v) is 11.7. The molecule has 2 saturated heterocycles. The summed E-state index contributed by atoms with van der Waals surface area (Å²) >= 11 is 0. The van der Waals surface area contributed by atoms with E-state index in [1.165, 1.54) is 4.90 Å². The lowest BCUT2D eigenvalue weighted by Gasteiger charge is -2.42. The molecule has 2 aromatic carbocycles. The predicted molar refractivity (Wildman–Crippen MR) is 148 cm³/mol. The van der Waals surface area contributed by atoms with E-state index in [0.29, 0.717) is 31.6 Å². The average Bonchev–Trinajstić information content (AvgIpc) is 2.89. The van der Waals surface area contributed by atoms with E-state index in [9.17, 15) is 31.1 Å². The SMILES string of the molecule is Cc1ccc(C[C@@H]2CN(CCCN3CC(C)OC(C)C3)CCN2C(=O)c2cc(C(F)(F)F)cc(C(F)(F)F)c2)cc1C. The van der Waals surface area contributed by atoms with Crippen LogP contribution in [0, 0.1) is 13.8 Å². The number of morpholine rings is 1. The average molecular weight is 600 g/mol. The number of alkyl halides is 6. The van der Waals surface area contributed by atoms with Crippen LogP contribution in [0.3, 0.4) is 0 Å². The number of carbonyl (C=O) groups is 1. The summed E-state index contributed by atoms with van der Waals surface area (Å²) in [4.78, 5) is 19.7. The normalized spacial score (nSPS) is 22.9. The molecule has 0 saturated carbocycles. The van der Waals surface area contributed by atoms with E-state index >= 15 is 0 Å². The van der Waals surface area contributed by atoms with Gasteiger partial charge in [0.15, 0.2) is 0 Å². The molecule has 3 atom stereocenters. The van der Waals surface area contributed by atoms with Crippen LogP contribution in [0.4, 0.5) is 26.3 Å². The Morgan fingerprint density at radius 3 is 1.98 bits per heavy atom. The predicted octanol–water partition coefficient (Wildman–Crippen LogP) is 6.21. The Bertz CT molecular complexity index is 1210. The number of hydrogen-bond acceptors (Lipinski definition) is 4. The molecule has 2 aliphatic heterocycles. The molecule has 42 heavy (non-hydrogen) atoms. The van der Waals surface area contributed by atoms with E-state index in [1.807, 2.05) is 32.0 Å². The van der Waals surface area contributed by atoms with Gasteiger partial charge in [-0.15, -0.1) is 0 Å². The number of nitrogens with zero attached hydrogens (tertiary/aromatic N) is 3. The maximum Gasteiger partial charge on any atom is 0.416 e. The summed E-state index contributed by atoms with van der Waals surface area (Å²) in [5.41, 5.74) is -0.453. The minimum atomic E-state index is -5.02. The zero-order valence-electron chi connectivity index (χ0n) is 24.5. The fourth-order valence-electron chi connectivity index (χ4n) is 6.00. The molecule has 0 aliphatic carbocycles. The molecule has 2 unspecified atom stereocenters. The first kappa shape index (κ1) is 32.3. The number of amides is 1. The molecule has 0 bridgehead atoms. The van der Waals surface area contributed by atoms with Crippen molar-refractivity contribution in [2.24, 2.45) is 0 Å². The molecule has 5 nitrogen and oxygen atoms in total. The third kappa shape index (κ3) is 8.26. The second kappa shape index (κ2) is 12.9. The molecule has 2 aromatic rings. The fourth-order valence-corrected chi connectivity index (χ4v) is 6.00. The van der Waals surface area contributed by atoms with Crippen LogP contribution in [0.5, 0.6) is 0 Å². The minimum absolute atomic E-state index is 0.0528. The van der Waals surface area contributed by atoms with E-state index in [-0.39, 0.29) is 24.8 Å². The number of hydrogen-bond donors (Lipinski definition) is 0. The largest absolute Gasteiger partial charge is 0.416 e. The lowest BCUT2D eigenvalue weighted by atomic mass is 9.97. The number of halogens is 6. The van der Waals surface area contributed by atoms with Gasteiger partial charge in [0.1, 0.15) is 0 Å². The van der Waals surface area contributed by atoms with Crippen molar-refractivity contribution in [3.63, 3.8) is 0 Å². The van der Waals surface area contributed by atoms with Gasteiger partial charge in [0, 0.05) is 44.3 Å². The standard InChI is InChI=1S/C31H39F6N3O2/c1-20-6-7-24(12-21(20)2)13-28-19-38(8-5-9-39-17-22(3)42-23(4)18-39)10-11-40(28)29(41)25-14-26(30(32,33)34)16-27(15-25)31(35,36)37/h6-7,12,14-16,22-23,28H,5,8-11,13,17-19H2,1-4H3/t22?,23?,28-/m1/s1. The van der Waals surface area contributed by atoms with E-state index in [2.05, 4.69) is 23.6 Å². The smallest absolute Gasteiger partial charge is 0.373 e. The summed E-state index contributed by atoms with van der Waals surface area (Å²) in [6.07, 6.45) is -8.38. The molecule has 2 fully saturated rings. The van der Waals surface area contributed by atoms with Crippen molar-refractivity contribution in [1.82, 2.24) is 14.7 Å². The minimum Gasteiger partial charge on any atom is -0.373 e. The van der Waals surface area contributed by atoms with E-state index in [4.69, 9.17) is 4.74 Å². The summed E-state index contributed by atoms with van der Waals surface area (Å²) in [7, 11) is 0. The Kier molecular flexibility index (Phi) is 9.94. The fraction of sp³-hybridized carbons (Fsp3) is 0.581. The van der Waals surface area contributed by atoms with Crippen LogP contribution in [0.25, 0.3) is 0 Å². The third-order valence-corrected chi connectivity index (χ3v) is 8.15. The van der Waals surface area contributed by atoms with Gasteiger partial charge in [-0.1, -0.05) is 18.2 Å². The molecule has 0 radical (unpaired) electrons. The number of rotatable bonds is 7. The summed E-state index contributed by atoms with van der Waals surface area (Å²) in [6.45, 7) is 12.6. The summed E-state index contributed by atoms with van der Waals surface area (Å²) in [5, 5.41) is 0. The van der Waals surface area contributed by atoms with Gasteiger partial charge < -0.3 is 9.64 Å². The molecule has 0 spiro atoms. The van der Waals surface area contributed by atoms with Crippen molar-refractivity contribution < 1.29 is 35.9 Å². The lowest BCUT2D eigenvalue weighted by Crippen LogP contribution is -2.56. The Hall–Kier alpha value is -2.63. The van der Waals surface area contributed by atoms with Crippen LogP contribution < -0.4 is 0 Å². The van der Waals surface area contributed by atoms with Gasteiger partial charge in [-0.05, 0) is 88.5 Å². The van der Waals surface area contributed by atoms with Crippen LogP contribution in [0.15, 0.2) is 36.4 Å². The quantitative estimate of drug-likeness (QED) is 0.355. The Labute approximate surface area is 243 Å². The maximum atomic E-state index is 13.6. The van der Waals surface area contributed by atoms with Gasteiger partial charge in [0.05, 0.1) is 23.3 Å². The van der Waals surface area contributed by atoms with E-state index in [0.717, 1.165) is 49.3 Å². The Morgan fingerprint density at radius 2 is 1.40 bits per heavy atom. The number of benzene rings is 2. The monoisotopic (exact) mass is 599 g/mol. The summed E-state index contributed by atoms with van der Waals surface area (Å²) in [5.74, 6) is -0.823. The van der Waals surface area contributed by atoms with Crippen LogP contribution in [-0.2, 0) is 23.5 Å². The molecule has 1 amide bonds. The van der Waals surface area contributed by atoms with Crippen LogP contribution >= 0.6 is 0 Å². The number of piperazine rings is 1. The first-order valence-electron chi connectivity index (χ1n) is 14.4. The van der Waals surface area contributed by atoms with Gasteiger partial charge in [-0.3, -0.25) is 14.6 Å². The zero-order chi connectivity index (χ0) is 30.8. The van der Waals surface area contributed by atoms with Gasteiger partial charge in [0.2, 0.25) is 0 Å². The number of carbonyl (C=O) groups excluding carboxylic acids is 1. The Morgan fingerprint density at radius 1 is 0.810 bits per heavy atom. The number of ether oxygens (including phenoxy) is 1. The summed E-state index contributed by atoms with van der Waals surface area (Å²) in [6, 6.07) is 6.64. The number of aryl methyl sites for hydroxylation is 2. The highest BCUT2D eigenvalue weighted by Crippen LogP contribution is 2.37. The van der Waals surface area contributed by atoms with Gasteiger partial charge >= 0.3 is 12.4 Å². The Balaban J connectivity index is 1.54. The first-order valence-corrected chi connectivity index (χ1v) is 14.4. The molecule has 232 valence electrons. The second-order valence-electron chi connectivity index (χ2n) is 11.7. The molecular formula is C31H39F6N3O2. The molecule has 0 N–H and O–H groups in total. The molecule has 11 heteroatoms. The highest BCUT2D eigenvalue weighted by atomic mass is 19.4. The zero-order valence-corrected chi connectivity index (χ0v) is 24.5. The maximum absolute atomic E-state index is 13.6. The van der Waals surface area contributed by atoms with Crippen LogP contribution in [-0.4, -0.2) is 84.7 Å². The van der Waals surface area contributed by atoms with E-state index < -0.39 is 41.0 Å². The van der Waals surface area contributed by atoms with Crippen LogP contribution in [0.2, 0.25) is 0 Å². The molecule has 2 heterocycles. The molecule has 2 aliphatic rings. The van der Waals surface area contributed by atoms with Crippen molar-refractivity contribution in [1.29, 1.82) is 0 Å². The molecule has 4 rings (SSSR count). The van der Waals surface area contributed by atoms with Crippen molar-refractivity contribution in [3.05, 3.63) is 69.8 Å². The van der Waals surface area contributed by atoms with Crippen molar-refractivity contribution in [2.75, 3.05) is 45.8 Å². The van der Waals surface area contributed by atoms with Crippen molar-refractivity contribution in [3.8, 4) is 0 Å². The van der Waals surface area contributed by atoms with Crippen molar-refractivity contribution >= 4 is 5.91 Å². The summed E-state index contributed by atoms with van der Waals surface area (Å²) < 4.78 is 86.9. The topological polar surface area (TPSA) is 36.0 Å². The van der Waals surface area contributed by atoms with Crippen LogP contribution in [0.1, 0.15) is 58.4 Å². The van der Waals surface area contributed by atoms with E-state index in [1.54, 1.807) is 0 Å². The first-order chi connectivity index (χ1) is 19.6. The lowest BCUT2D eigenvalue weighted by molar-refractivity contribution is -0.143. The van der Waals surface area contributed by atoms with Gasteiger partial charge in [-0.25, -0.2) is 0 Å². The van der Waals surface area contributed by atoms with Gasteiger partial charge in [-0.2, -0.15) is 26.3 Å². The highest BCUT2D eigenvalue weighted by molar-refractivity contribution is 5.95. The van der Waals surface area contributed by atoms with Crippen molar-refractivity contribution in [2.45, 2.75) is 71.1 Å². The molecule has 0 aromatic heterocycles. The van der Waals surface area contributed by atoms with Gasteiger partial charge in [0.25, 0.3) is 5.91 Å². The third-order valence-electron chi connectivity index (χ3n) is 8.15.